The molecule has 4 heteroatoms. The highest BCUT2D eigenvalue weighted by molar-refractivity contribution is 5.76. The Labute approximate surface area is 120 Å². The van der Waals surface area contributed by atoms with Crippen molar-refractivity contribution < 1.29 is 9.53 Å². The summed E-state index contributed by atoms with van der Waals surface area (Å²) in [5.41, 5.74) is 6.64. The molecule has 0 radical (unpaired) electrons. The van der Waals surface area contributed by atoms with Gasteiger partial charge >= 0.3 is 0 Å². The molecule has 1 aliphatic carbocycles. The van der Waals surface area contributed by atoms with Crippen molar-refractivity contribution in [1.82, 2.24) is 5.32 Å². The Kier molecular flexibility index (Phi) is 5.41. The molecule has 3 N–H and O–H groups in total. The number of amides is 1. The van der Waals surface area contributed by atoms with Gasteiger partial charge in [-0.3, -0.25) is 4.79 Å². The van der Waals surface area contributed by atoms with Crippen LogP contribution in [0.25, 0.3) is 0 Å². The molecule has 4 nitrogen and oxygen atoms in total. The molecule has 1 aromatic rings. The fraction of sp³-hybridized carbons (Fsp3) is 0.562. The van der Waals surface area contributed by atoms with Gasteiger partial charge in [-0.25, -0.2) is 0 Å². The lowest BCUT2D eigenvalue weighted by atomic mass is 10.2. The van der Waals surface area contributed by atoms with E-state index in [4.69, 9.17) is 10.5 Å². The Morgan fingerprint density at radius 2 is 2.10 bits per heavy atom. The second-order valence-electron chi connectivity index (χ2n) is 5.59. The molecular weight excluding hydrogens is 252 g/mol. The average Bonchev–Trinajstić information content (AvgIpc) is 2.90. The topological polar surface area (TPSA) is 64.4 Å². The van der Waals surface area contributed by atoms with Gasteiger partial charge in [-0.1, -0.05) is 18.2 Å². The Hall–Kier alpha value is -1.55. The van der Waals surface area contributed by atoms with E-state index in [2.05, 4.69) is 5.32 Å². The van der Waals surface area contributed by atoms with Gasteiger partial charge in [0, 0.05) is 24.6 Å². The monoisotopic (exact) mass is 276 g/mol. The summed E-state index contributed by atoms with van der Waals surface area (Å²) in [6.45, 7) is 2.32. The molecule has 1 aromatic carbocycles. The van der Waals surface area contributed by atoms with Gasteiger partial charge in [-0.15, -0.1) is 0 Å². The Bertz CT molecular complexity index is 440. The van der Waals surface area contributed by atoms with Crippen LogP contribution in [-0.4, -0.2) is 18.1 Å². The highest BCUT2D eigenvalue weighted by atomic mass is 16.5. The molecule has 2 rings (SSSR count). The molecule has 110 valence electrons. The molecular formula is C16H24N2O2. The third-order valence-electron chi connectivity index (χ3n) is 3.55. The van der Waals surface area contributed by atoms with Crippen molar-refractivity contribution in [3.05, 3.63) is 29.8 Å². The first kappa shape index (κ1) is 14.9. The highest BCUT2D eigenvalue weighted by Gasteiger charge is 2.17. The highest BCUT2D eigenvalue weighted by Crippen LogP contribution is 2.26. The summed E-state index contributed by atoms with van der Waals surface area (Å²) in [5.74, 6) is 0.871. The van der Waals surface area contributed by atoms with Gasteiger partial charge in [0.25, 0.3) is 0 Å². The number of carbonyl (C=O) groups excluding carboxylic acids is 1. The van der Waals surface area contributed by atoms with Crippen LogP contribution < -0.4 is 15.8 Å². The lowest BCUT2D eigenvalue weighted by Crippen LogP contribution is -2.29. The van der Waals surface area contributed by atoms with Crippen molar-refractivity contribution in [3.8, 4) is 5.75 Å². The number of nitrogens with two attached hydrogens (primary N) is 1. The van der Waals surface area contributed by atoms with Crippen LogP contribution in [0.5, 0.6) is 5.75 Å². The Morgan fingerprint density at radius 1 is 1.40 bits per heavy atom. The van der Waals surface area contributed by atoms with Crippen molar-refractivity contribution in [1.29, 1.82) is 0 Å². The van der Waals surface area contributed by atoms with Gasteiger partial charge in [0.15, 0.2) is 0 Å². The van der Waals surface area contributed by atoms with E-state index in [1.807, 2.05) is 31.2 Å². The zero-order valence-electron chi connectivity index (χ0n) is 12.1. The normalized spacial score (nSPS) is 16.9. The van der Waals surface area contributed by atoms with E-state index in [0.717, 1.165) is 24.2 Å². The fourth-order valence-corrected chi connectivity index (χ4v) is 2.51. The number of rotatable bonds is 6. The number of nitrogens with one attached hydrogen (secondary N) is 1. The Morgan fingerprint density at radius 3 is 2.80 bits per heavy atom. The molecule has 0 saturated heterocycles. The van der Waals surface area contributed by atoms with Crippen molar-refractivity contribution in [2.24, 2.45) is 5.73 Å². The summed E-state index contributed by atoms with van der Waals surface area (Å²) in [5, 5.41) is 2.90. The Balaban J connectivity index is 1.91. The van der Waals surface area contributed by atoms with Crippen molar-refractivity contribution >= 4 is 5.91 Å². The van der Waals surface area contributed by atoms with Gasteiger partial charge in [-0.2, -0.15) is 0 Å². The molecule has 0 bridgehead atoms. The molecule has 0 spiro atoms. The number of hydrogen-bond acceptors (Lipinski definition) is 3. The van der Waals surface area contributed by atoms with E-state index < -0.39 is 0 Å². The minimum atomic E-state index is -0.111. The van der Waals surface area contributed by atoms with E-state index >= 15 is 0 Å². The van der Waals surface area contributed by atoms with Gasteiger partial charge in [0.2, 0.25) is 5.91 Å². The maximum Gasteiger partial charge on any atom is 0.221 e. The second kappa shape index (κ2) is 7.29. The predicted octanol–water partition coefficient (Wildman–Crippen LogP) is 2.36. The van der Waals surface area contributed by atoms with Crippen LogP contribution in [0.3, 0.4) is 0 Å². The van der Waals surface area contributed by atoms with Gasteiger partial charge in [-0.05, 0) is 38.7 Å². The van der Waals surface area contributed by atoms with E-state index in [-0.39, 0.29) is 11.9 Å². The number of benzene rings is 1. The molecule has 0 heterocycles. The summed E-state index contributed by atoms with van der Waals surface area (Å²) >= 11 is 0. The summed E-state index contributed by atoms with van der Waals surface area (Å²) in [4.78, 5) is 11.7. The van der Waals surface area contributed by atoms with Gasteiger partial charge in [0.05, 0.1) is 6.10 Å². The number of ether oxygens (including phenoxy) is 1. The molecule has 20 heavy (non-hydrogen) atoms. The molecule has 0 aliphatic heterocycles. The van der Waals surface area contributed by atoms with E-state index in [0.29, 0.717) is 19.1 Å². The lowest BCUT2D eigenvalue weighted by Gasteiger charge is -2.17. The number of para-hydroxylation sites is 1. The smallest absolute Gasteiger partial charge is 0.221 e. The second-order valence-corrected chi connectivity index (χ2v) is 5.59. The zero-order valence-corrected chi connectivity index (χ0v) is 12.1. The summed E-state index contributed by atoms with van der Waals surface area (Å²) in [6.07, 6.45) is 5.44. The van der Waals surface area contributed by atoms with Crippen LogP contribution in [0.4, 0.5) is 0 Å². The van der Waals surface area contributed by atoms with E-state index in [1.54, 1.807) is 0 Å². The first-order valence-electron chi connectivity index (χ1n) is 7.42. The van der Waals surface area contributed by atoms with Gasteiger partial charge < -0.3 is 15.8 Å². The number of carbonyl (C=O) groups is 1. The molecule has 0 aromatic heterocycles. The van der Waals surface area contributed by atoms with Crippen LogP contribution >= 0.6 is 0 Å². The fourth-order valence-electron chi connectivity index (χ4n) is 2.51. The third kappa shape index (κ3) is 4.53. The molecule has 1 atom stereocenters. The summed E-state index contributed by atoms with van der Waals surface area (Å²) < 4.78 is 6.04. The van der Waals surface area contributed by atoms with Crippen LogP contribution in [0.15, 0.2) is 24.3 Å². The summed E-state index contributed by atoms with van der Waals surface area (Å²) in [6, 6.07) is 7.80. The zero-order chi connectivity index (χ0) is 14.4. The van der Waals surface area contributed by atoms with Crippen LogP contribution in [0.1, 0.15) is 44.6 Å². The lowest BCUT2D eigenvalue weighted by molar-refractivity contribution is -0.121. The minimum absolute atomic E-state index is 0.0179. The number of hydrogen-bond donors (Lipinski definition) is 2. The minimum Gasteiger partial charge on any atom is -0.490 e. The molecule has 1 fully saturated rings. The quantitative estimate of drug-likeness (QED) is 0.838. The molecule has 1 unspecified atom stereocenters. The average molecular weight is 276 g/mol. The molecule has 1 amide bonds. The SMILES string of the molecule is CC(N)CC(=O)NCc1ccccc1OC1CCCC1. The standard InChI is InChI=1S/C16H24N2O2/c1-12(17)10-16(19)18-11-13-6-2-5-9-15(13)20-14-7-3-4-8-14/h2,5-6,9,12,14H,3-4,7-8,10-11,17H2,1H3,(H,18,19). The van der Waals surface area contributed by atoms with Crippen molar-refractivity contribution in [2.75, 3.05) is 0 Å². The first-order chi connectivity index (χ1) is 9.65. The predicted molar refractivity (Wildman–Crippen MR) is 79.4 cm³/mol. The maximum atomic E-state index is 11.7. The first-order valence-corrected chi connectivity index (χ1v) is 7.42. The van der Waals surface area contributed by atoms with Gasteiger partial charge in [0.1, 0.15) is 5.75 Å². The van der Waals surface area contributed by atoms with E-state index in [1.165, 1.54) is 12.8 Å². The van der Waals surface area contributed by atoms with Crippen LogP contribution in [0, 0.1) is 0 Å². The van der Waals surface area contributed by atoms with Crippen LogP contribution in [-0.2, 0) is 11.3 Å². The van der Waals surface area contributed by atoms with Crippen molar-refractivity contribution in [2.45, 2.75) is 57.7 Å². The third-order valence-corrected chi connectivity index (χ3v) is 3.55. The molecule has 1 aliphatic rings. The summed E-state index contributed by atoms with van der Waals surface area (Å²) in [7, 11) is 0. The van der Waals surface area contributed by atoms with Crippen LogP contribution in [0.2, 0.25) is 0 Å². The maximum absolute atomic E-state index is 11.7. The van der Waals surface area contributed by atoms with E-state index in [9.17, 15) is 4.79 Å². The van der Waals surface area contributed by atoms with Crippen molar-refractivity contribution in [3.63, 3.8) is 0 Å². The largest absolute Gasteiger partial charge is 0.490 e. The molecule has 1 saturated carbocycles.